The number of benzene rings is 1. The van der Waals surface area contributed by atoms with Gasteiger partial charge in [0.15, 0.2) is 5.16 Å². The number of carbonyl (C=O) groups is 1. The van der Waals surface area contributed by atoms with Crippen LogP contribution in [0.15, 0.2) is 40.9 Å². The number of nitrogens with zero attached hydrogens (tertiary/aromatic N) is 3. The molecule has 1 aromatic carbocycles. The summed E-state index contributed by atoms with van der Waals surface area (Å²) in [7, 11) is 1.61. The quantitative estimate of drug-likeness (QED) is 0.454. The Labute approximate surface area is 191 Å². The predicted molar refractivity (Wildman–Crippen MR) is 126 cm³/mol. The zero-order chi connectivity index (χ0) is 21.6. The molecule has 2 aromatic heterocycles. The van der Waals surface area contributed by atoms with Gasteiger partial charge in [-0.1, -0.05) is 43.2 Å². The van der Waals surface area contributed by atoms with Gasteiger partial charge in [0.25, 0.3) is 0 Å². The summed E-state index contributed by atoms with van der Waals surface area (Å²) < 4.78 is 7.66. The molecule has 8 heteroatoms. The molecule has 4 rings (SSSR count). The van der Waals surface area contributed by atoms with Gasteiger partial charge in [-0.25, -0.2) is 0 Å². The standard InChI is InChI=1S/C23H28N4O2S2/c1-16-10-11-20(29-2)19(13-16)24-22(28)15-31-23-26-25-21(14-18-9-6-12-30-18)27(23)17-7-4-3-5-8-17/h6,9-13,17H,3-5,7-8,14-15H2,1-2H3,(H,24,28). The van der Waals surface area contributed by atoms with Gasteiger partial charge in [0.05, 0.1) is 18.6 Å². The van der Waals surface area contributed by atoms with Crippen LogP contribution in [0.1, 0.15) is 54.4 Å². The third-order valence-corrected chi connectivity index (χ3v) is 7.37. The normalized spacial score (nSPS) is 14.5. The molecule has 0 bridgehead atoms. The molecule has 1 saturated carbocycles. The largest absolute Gasteiger partial charge is 0.495 e. The minimum atomic E-state index is -0.0769. The first-order chi connectivity index (χ1) is 15.1. The second-order valence-corrected chi connectivity index (χ2v) is 9.83. The lowest BCUT2D eigenvalue weighted by atomic mass is 9.95. The average Bonchev–Trinajstić information content (AvgIpc) is 3.43. The summed E-state index contributed by atoms with van der Waals surface area (Å²) in [5.41, 5.74) is 1.76. The van der Waals surface area contributed by atoms with Gasteiger partial charge in [-0.2, -0.15) is 0 Å². The molecule has 3 aromatic rings. The Morgan fingerprint density at radius 2 is 2.10 bits per heavy atom. The van der Waals surface area contributed by atoms with E-state index in [-0.39, 0.29) is 11.7 Å². The van der Waals surface area contributed by atoms with Crippen LogP contribution in [0.5, 0.6) is 5.75 Å². The first-order valence-corrected chi connectivity index (χ1v) is 12.5. The molecule has 0 atom stereocenters. The van der Waals surface area contributed by atoms with Crippen molar-refractivity contribution in [2.24, 2.45) is 0 Å². The second-order valence-electron chi connectivity index (χ2n) is 7.86. The number of nitrogens with one attached hydrogen (secondary N) is 1. The molecule has 0 radical (unpaired) electrons. The van der Waals surface area contributed by atoms with Crippen molar-refractivity contribution >= 4 is 34.7 Å². The Bertz CT molecular complexity index is 1010. The fraction of sp³-hybridized carbons (Fsp3) is 0.435. The Balaban J connectivity index is 1.48. The Morgan fingerprint density at radius 3 is 2.84 bits per heavy atom. The predicted octanol–water partition coefficient (Wildman–Crippen LogP) is 5.48. The Kier molecular flexibility index (Phi) is 7.29. The number of carbonyl (C=O) groups excluding carboxylic acids is 1. The SMILES string of the molecule is COc1ccc(C)cc1NC(=O)CSc1nnc(Cc2cccs2)n1C1CCCCC1. The molecule has 164 valence electrons. The molecule has 0 unspecified atom stereocenters. The number of anilines is 1. The average molecular weight is 457 g/mol. The van der Waals surface area contributed by atoms with Gasteiger partial charge in [0, 0.05) is 17.3 Å². The fourth-order valence-electron chi connectivity index (χ4n) is 4.04. The topological polar surface area (TPSA) is 69.0 Å². The zero-order valence-electron chi connectivity index (χ0n) is 18.0. The highest BCUT2D eigenvalue weighted by atomic mass is 32.2. The summed E-state index contributed by atoms with van der Waals surface area (Å²) in [5.74, 6) is 1.86. The van der Waals surface area contributed by atoms with E-state index in [1.807, 2.05) is 25.1 Å². The smallest absolute Gasteiger partial charge is 0.234 e. The highest BCUT2D eigenvalue weighted by molar-refractivity contribution is 7.99. The fourth-order valence-corrected chi connectivity index (χ4v) is 5.56. The van der Waals surface area contributed by atoms with Gasteiger partial charge in [-0.3, -0.25) is 4.79 Å². The Morgan fingerprint density at radius 1 is 1.26 bits per heavy atom. The molecule has 0 aliphatic heterocycles. The number of hydrogen-bond donors (Lipinski definition) is 1. The second kappa shape index (κ2) is 10.3. The highest BCUT2D eigenvalue weighted by Crippen LogP contribution is 2.34. The van der Waals surface area contributed by atoms with Crippen LogP contribution < -0.4 is 10.1 Å². The minimum Gasteiger partial charge on any atom is -0.495 e. The van der Waals surface area contributed by atoms with Gasteiger partial charge >= 0.3 is 0 Å². The number of aromatic nitrogens is 3. The van der Waals surface area contributed by atoms with E-state index >= 15 is 0 Å². The maximum Gasteiger partial charge on any atom is 0.234 e. The molecule has 31 heavy (non-hydrogen) atoms. The Hall–Kier alpha value is -2.32. The molecule has 1 fully saturated rings. The van der Waals surface area contributed by atoms with Crippen molar-refractivity contribution < 1.29 is 9.53 Å². The van der Waals surface area contributed by atoms with E-state index in [0.717, 1.165) is 35.8 Å². The molecule has 6 nitrogen and oxygen atoms in total. The number of thiophene rings is 1. The molecule has 0 saturated heterocycles. The van der Waals surface area contributed by atoms with Crippen LogP contribution in [0.25, 0.3) is 0 Å². The van der Waals surface area contributed by atoms with Crippen molar-refractivity contribution in [2.75, 3.05) is 18.2 Å². The van der Waals surface area contributed by atoms with Gasteiger partial charge in [0.1, 0.15) is 11.6 Å². The molecular formula is C23H28N4O2S2. The van der Waals surface area contributed by atoms with Crippen molar-refractivity contribution in [3.05, 3.63) is 52.0 Å². The van der Waals surface area contributed by atoms with E-state index in [9.17, 15) is 4.79 Å². The summed E-state index contributed by atoms with van der Waals surface area (Å²) in [6.07, 6.45) is 6.85. The first kappa shape index (κ1) is 21.9. The van der Waals surface area contributed by atoms with Crippen molar-refractivity contribution in [1.82, 2.24) is 14.8 Å². The lowest BCUT2D eigenvalue weighted by molar-refractivity contribution is -0.113. The molecular weight excluding hydrogens is 428 g/mol. The van der Waals surface area contributed by atoms with Crippen LogP contribution in [0, 0.1) is 6.92 Å². The van der Waals surface area contributed by atoms with Gasteiger partial charge in [-0.15, -0.1) is 21.5 Å². The summed E-state index contributed by atoms with van der Waals surface area (Å²) in [5, 5.41) is 14.9. The number of thioether (sulfide) groups is 1. The van der Waals surface area contributed by atoms with Crippen LogP contribution in [-0.4, -0.2) is 33.5 Å². The van der Waals surface area contributed by atoms with E-state index in [4.69, 9.17) is 4.74 Å². The lowest BCUT2D eigenvalue weighted by Gasteiger charge is -2.25. The van der Waals surface area contributed by atoms with Gasteiger partial charge in [0.2, 0.25) is 5.91 Å². The van der Waals surface area contributed by atoms with Crippen LogP contribution in [0.2, 0.25) is 0 Å². The molecule has 1 amide bonds. The number of aryl methyl sites for hydroxylation is 1. The number of rotatable bonds is 8. The number of amides is 1. The van der Waals surface area contributed by atoms with E-state index < -0.39 is 0 Å². The monoisotopic (exact) mass is 456 g/mol. The highest BCUT2D eigenvalue weighted by Gasteiger charge is 2.24. The molecule has 1 N–H and O–H groups in total. The lowest BCUT2D eigenvalue weighted by Crippen LogP contribution is -2.18. The molecule has 1 aliphatic rings. The van der Waals surface area contributed by atoms with Crippen molar-refractivity contribution in [3.8, 4) is 5.75 Å². The van der Waals surface area contributed by atoms with E-state index in [1.54, 1.807) is 18.4 Å². The summed E-state index contributed by atoms with van der Waals surface area (Å²) >= 11 is 3.20. The number of ether oxygens (including phenoxy) is 1. The number of methoxy groups -OCH3 is 1. The molecule has 2 heterocycles. The van der Waals surface area contributed by atoms with Crippen molar-refractivity contribution in [1.29, 1.82) is 0 Å². The summed E-state index contributed by atoms with van der Waals surface area (Å²) in [6.45, 7) is 1.99. The third-order valence-electron chi connectivity index (χ3n) is 5.55. The third kappa shape index (κ3) is 5.49. The van der Waals surface area contributed by atoms with Gasteiger partial charge < -0.3 is 14.6 Å². The van der Waals surface area contributed by atoms with Crippen LogP contribution in [0.4, 0.5) is 5.69 Å². The zero-order valence-corrected chi connectivity index (χ0v) is 19.6. The maximum atomic E-state index is 12.7. The molecule has 1 aliphatic carbocycles. The van der Waals surface area contributed by atoms with E-state index in [0.29, 0.717) is 17.5 Å². The van der Waals surface area contributed by atoms with Crippen LogP contribution in [-0.2, 0) is 11.2 Å². The van der Waals surface area contributed by atoms with E-state index in [2.05, 4.69) is 37.6 Å². The van der Waals surface area contributed by atoms with Gasteiger partial charge in [-0.05, 0) is 48.9 Å². The summed E-state index contributed by atoms with van der Waals surface area (Å²) in [4.78, 5) is 14.0. The van der Waals surface area contributed by atoms with Crippen molar-refractivity contribution in [2.45, 2.75) is 56.6 Å². The molecule has 0 spiro atoms. The minimum absolute atomic E-state index is 0.0769. The van der Waals surface area contributed by atoms with Crippen LogP contribution >= 0.6 is 23.1 Å². The van der Waals surface area contributed by atoms with E-state index in [1.165, 1.54) is 35.9 Å². The number of hydrogen-bond acceptors (Lipinski definition) is 6. The first-order valence-electron chi connectivity index (χ1n) is 10.7. The van der Waals surface area contributed by atoms with Crippen molar-refractivity contribution in [3.63, 3.8) is 0 Å². The summed E-state index contributed by atoms with van der Waals surface area (Å²) in [6, 6.07) is 10.4. The van der Waals surface area contributed by atoms with Crippen LogP contribution in [0.3, 0.4) is 0 Å². The maximum absolute atomic E-state index is 12.7.